The summed E-state index contributed by atoms with van der Waals surface area (Å²) in [5.41, 5.74) is 1.05. The first kappa shape index (κ1) is 21.2. The lowest BCUT2D eigenvalue weighted by molar-refractivity contribution is 0.476. The molecule has 1 N–H and O–H groups in total. The molecule has 0 amide bonds. The molecule has 0 unspecified atom stereocenters. The lowest BCUT2D eigenvalue weighted by atomic mass is 10.2. The highest BCUT2D eigenvalue weighted by Crippen LogP contribution is 2.20. The highest BCUT2D eigenvalue weighted by molar-refractivity contribution is 14.0. The number of guanidine groups is 1. The van der Waals surface area contributed by atoms with Crippen LogP contribution in [0.4, 0.5) is 4.39 Å². The molecule has 1 heterocycles. The van der Waals surface area contributed by atoms with Gasteiger partial charge in [-0.25, -0.2) is 9.37 Å². The molecule has 4 nitrogen and oxygen atoms in total. The third kappa shape index (κ3) is 7.35. The van der Waals surface area contributed by atoms with Crippen LogP contribution in [-0.4, -0.2) is 42.2 Å². The molecule has 0 saturated heterocycles. The summed E-state index contributed by atoms with van der Waals surface area (Å²) in [7, 11) is 3.75. The van der Waals surface area contributed by atoms with Crippen molar-refractivity contribution in [2.45, 2.75) is 17.3 Å². The number of hydrogen-bond donors (Lipinski definition) is 1. The van der Waals surface area contributed by atoms with Gasteiger partial charge in [-0.1, -0.05) is 23.9 Å². The molecular weight excluding hydrogens is 458 g/mol. The van der Waals surface area contributed by atoms with Crippen LogP contribution in [-0.2, 0) is 6.54 Å². The van der Waals surface area contributed by atoms with E-state index < -0.39 is 0 Å². The summed E-state index contributed by atoms with van der Waals surface area (Å²) < 4.78 is 14.0. The van der Waals surface area contributed by atoms with E-state index in [1.54, 1.807) is 42.3 Å². The monoisotopic (exact) mass is 480 g/mol. The molecule has 132 valence electrons. The summed E-state index contributed by atoms with van der Waals surface area (Å²) in [6, 6.07) is 6.55. The number of benzene rings is 1. The molecule has 0 saturated carbocycles. The van der Waals surface area contributed by atoms with E-state index in [4.69, 9.17) is 0 Å². The second kappa shape index (κ2) is 11.6. The molecule has 2 aromatic rings. The van der Waals surface area contributed by atoms with E-state index in [1.165, 1.54) is 12.1 Å². The average Bonchev–Trinajstić information content (AvgIpc) is 3.06. The normalized spacial score (nSPS) is 11.0. The van der Waals surface area contributed by atoms with Gasteiger partial charge in [0.05, 0.1) is 0 Å². The first-order valence-electron chi connectivity index (χ1n) is 7.37. The lowest BCUT2D eigenvalue weighted by Gasteiger charge is -2.22. The molecule has 1 aromatic heterocycles. The Labute approximate surface area is 168 Å². The number of halogens is 2. The van der Waals surface area contributed by atoms with Crippen LogP contribution < -0.4 is 5.32 Å². The van der Waals surface area contributed by atoms with Crippen LogP contribution in [0.25, 0.3) is 0 Å². The third-order valence-electron chi connectivity index (χ3n) is 3.15. The minimum absolute atomic E-state index is 0. The van der Waals surface area contributed by atoms with Gasteiger partial charge in [0.25, 0.3) is 0 Å². The zero-order valence-electron chi connectivity index (χ0n) is 13.7. The third-order valence-corrected chi connectivity index (χ3v) is 5.20. The Bertz CT molecular complexity index is 605. The number of aliphatic imine (C=N–C) groups is 1. The van der Waals surface area contributed by atoms with E-state index in [0.717, 1.165) is 34.6 Å². The van der Waals surface area contributed by atoms with Crippen LogP contribution in [0.15, 0.2) is 45.2 Å². The maximum atomic E-state index is 12.9. The average molecular weight is 480 g/mol. The molecule has 0 radical (unpaired) electrons. The van der Waals surface area contributed by atoms with Crippen molar-refractivity contribution in [2.24, 2.45) is 4.99 Å². The van der Waals surface area contributed by atoms with E-state index in [-0.39, 0.29) is 29.8 Å². The lowest BCUT2D eigenvalue weighted by Crippen LogP contribution is -2.39. The van der Waals surface area contributed by atoms with Crippen molar-refractivity contribution < 1.29 is 4.39 Å². The van der Waals surface area contributed by atoms with Crippen molar-refractivity contribution >= 4 is 53.0 Å². The zero-order chi connectivity index (χ0) is 16.5. The van der Waals surface area contributed by atoms with Crippen LogP contribution in [0, 0.1) is 5.82 Å². The molecule has 0 aliphatic rings. The van der Waals surface area contributed by atoms with Crippen molar-refractivity contribution in [3.63, 3.8) is 0 Å². The molecular formula is C16H22FIN4S2. The number of rotatable bonds is 7. The molecule has 8 heteroatoms. The van der Waals surface area contributed by atoms with Gasteiger partial charge in [0.1, 0.15) is 10.2 Å². The SMILES string of the molecule is CN=C(NCCCSc1nccs1)N(C)Cc1ccc(F)cc1.I. The van der Waals surface area contributed by atoms with Crippen LogP contribution in [0.2, 0.25) is 0 Å². The van der Waals surface area contributed by atoms with Gasteiger partial charge < -0.3 is 10.2 Å². The van der Waals surface area contributed by atoms with Crippen molar-refractivity contribution in [3.8, 4) is 0 Å². The van der Waals surface area contributed by atoms with E-state index in [1.807, 2.05) is 23.5 Å². The van der Waals surface area contributed by atoms with Crippen molar-refractivity contribution in [1.29, 1.82) is 0 Å². The quantitative estimate of drug-likeness (QED) is 0.213. The predicted octanol–water partition coefficient (Wildman–Crippen LogP) is 4.09. The Morgan fingerprint density at radius 2 is 2.12 bits per heavy atom. The zero-order valence-corrected chi connectivity index (χ0v) is 17.7. The second-order valence-electron chi connectivity index (χ2n) is 4.96. The van der Waals surface area contributed by atoms with Gasteiger partial charge in [-0.3, -0.25) is 4.99 Å². The summed E-state index contributed by atoms with van der Waals surface area (Å²) >= 11 is 3.45. The smallest absolute Gasteiger partial charge is 0.193 e. The van der Waals surface area contributed by atoms with Crippen molar-refractivity contribution in [2.75, 3.05) is 26.4 Å². The first-order valence-corrected chi connectivity index (χ1v) is 9.24. The fraction of sp³-hybridized carbons (Fsp3) is 0.375. The summed E-state index contributed by atoms with van der Waals surface area (Å²) in [6.45, 7) is 1.55. The Balaban J connectivity index is 0.00000288. The topological polar surface area (TPSA) is 40.5 Å². The fourth-order valence-electron chi connectivity index (χ4n) is 2.04. The highest BCUT2D eigenvalue weighted by atomic mass is 127. The van der Waals surface area contributed by atoms with Gasteiger partial charge in [0, 0.05) is 44.5 Å². The maximum Gasteiger partial charge on any atom is 0.193 e. The standard InChI is InChI=1S/C16H21FN4S2.HI/c1-18-15(19-8-3-10-22-16-20-9-11-23-16)21(2)12-13-4-6-14(17)7-5-13;/h4-7,9,11H,3,8,10,12H2,1-2H3,(H,18,19);1H. The molecule has 2 rings (SSSR count). The predicted molar refractivity (Wildman–Crippen MR) is 112 cm³/mol. The molecule has 0 atom stereocenters. The van der Waals surface area contributed by atoms with Gasteiger partial charge in [0.2, 0.25) is 0 Å². The molecule has 0 bridgehead atoms. The molecule has 0 spiro atoms. The van der Waals surface area contributed by atoms with Gasteiger partial charge in [-0.05, 0) is 24.1 Å². The van der Waals surface area contributed by atoms with E-state index >= 15 is 0 Å². The van der Waals surface area contributed by atoms with E-state index in [2.05, 4.69) is 15.3 Å². The van der Waals surface area contributed by atoms with Gasteiger partial charge in [-0.2, -0.15) is 0 Å². The van der Waals surface area contributed by atoms with Crippen LogP contribution in [0.1, 0.15) is 12.0 Å². The van der Waals surface area contributed by atoms with Crippen LogP contribution in [0.3, 0.4) is 0 Å². The van der Waals surface area contributed by atoms with Gasteiger partial charge >= 0.3 is 0 Å². The number of nitrogens with zero attached hydrogens (tertiary/aromatic N) is 3. The van der Waals surface area contributed by atoms with Crippen LogP contribution in [0.5, 0.6) is 0 Å². The molecule has 1 aromatic carbocycles. The van der Waals surface area contributed by atoms with Gasteiger partial charge in [-0.15, -0.1) is 35.3 Å². The summed E-state index contributed by atoms with van der Waals surface area (Å²) in [6.07, 6.45) is 2.87. The van der Waals surface area contributed by atoms with Crippen molar-refractivity contribution in [1.82, 2.24) is 15.2 Å². The summed E-state index contributed by atoms with van der Waals surface area (Å²) in [5.74, 6) is 1.66. The molecule has 0 aliphatic heterocycles. The minimum Gasteiger partial charge on any atom is -0.356 e. The first-order chi connectivity index (χ1) is 11.2. The number of thioether (sulfide) groups is 1. The second-order valence-corrected chi connectivity index (χ2v) is 7.19. The largest absolute Gasteiger partial charge is 0.356 e. The minimum atomic E-state index is -0.211. The molecule has 24 heavy (non-hydrogen) atoms. The Hall–Kier alpha value is -0.870. The maximum absolute atomic E-state index is 12.9. The number of hydrogen-bond acceptors (Lipinski definition) is 4. The highest BCUT2D eigenvalue weighted by Gasteiger charge is 2.06. The number of aromatic nitrogens is 1. The number of nitrogens with one attached hydrogen (secondary N) is 1. The summed E-state index contributed by atoms with van der Waals surface area (Å²) in [5, 5.41) is 5.35. The van der Waals surface area contributed by atoms with Crippen molar-refractivity contribution in [3.05, 3.63) is 47.2 Å². The van der Waals surface area contributed by atoms with Gasteiger partial charge in [0.15, 0.2) is 5.96 Å². The summed E-state index contributed by atoms with van der Waals surface area (Å²) in [4.78, 5) is 10.6. The Morgan fingerprint density at radius 1 is 1.38 bits per heavy atom. The molecule has 0 fully saturated rings. The van der Waals surface area contributed by atoms with E-state index in [9.17, 15) is 4.39 Å². The fourth-order valence-corrected chi connectivity index (χ4v) is 3.68. The molecule has 0 aliphatic carbocycles. The van der Waals surface area contributed by atoms with E-state index in [0.29, 0.717) is 6.54 Å². The Morgan fingerprint density at radius 3 is 2.75 bits per heavy atom. The van der Waals surface area contributed by atoms with Crippen LogP contribution >= 0.6 is 47.1 Å². The number of thiazole rings is 1. The Kier molecular flexibility index (Phi) is 10.3.